The molecule has 1 saturated heterocycles. The molecule has 1 aliphatic rings. The molecule has 6 heteroatoms. The van der Waals surface area contributed by atoms with Gasteiger partial charge in [0, 0.05) is 32.1 Å². The molecule has 1 aromatic carbocycles. The minimum absolute atomic E-state index is 0.0115. The van der Waals surface area contributed by atoms with Gasteiger partial charge in [-0.3, -0.25) is 14.3 Å². The number of piperidine rings is 1. The molecule has 0 bridgehead atoms. The van der Waals surface area contributed by atoms with Crippen molar-refractivity contribution in [3.63, 3.8) is 0 Å². The lowest BCUT2D eigenvalue weighted by molar-refractivity contribution is -0.132. The summed E-state index contributed by atoms with van der Waals surface area (Å²) in [6, 6.07) is 10.1. The average molecular weight is 326 g/mol. The van der Waals surface area contributed by atoms with E-state index in [0.717, 1.165) is 5.56 Å². The normalized spacial score (nSPS) is 15.3. The highest BCUT2D eigenvalue weighted by Gasteiger charge is 2.26. The van der Waals surface area contributed by atoms with Gasteiger partial charge >= 0.3 is 0 Å². The number of likely N-dealkylation sites (tertiary alicyclic amines) is 1. The smallest absolute Gasteiger partial charge is 0.227 e. The lowest BCUT2D eigenvalue weighted by Crippen LogP contribution is -2.40. The molecule has 3 rings (SSSR count). The first-order chi connectivity index (χ1) is 11.6. The average Bonchev–Trinajstić information content (AvgIpc) is 3.02. The Morgan fingerprint density at radius 2 is 1.92 bits per heavy atom. The van der Waals surface area contributed by atoms with Crippen molar-refractivity contribution in [3.05, 3.63) is 48.3 Å². The Bertz CT molecular complexity index is 703. The highest BCUT2D eigenvalue weighted by Crippen LogP contribution is 2.19. The van der Waals surface area contributed by atoms with E-state index >= 15 is 0 Å². The van der Waals surface area contributed by atoms with Crippen molar-refractivity contribution in [1.82, 2.24) is 14.7 Å². The van der Waals surface area contributed by atoms with E-state index in [-0.39, 0.29) is 17.7 Å². The van der Waals surface area contributed by atoms with Crippen LogP contribution >= 0.6 is 0 Å². The topological polar surface area (TPSA) is 67.2 Å². The molecule has 24 heavy (non-hydrogen) atoms. The van der Waals surface area contributed by atoms with Crippen LogP contribution in [0.1, 0.15) is 25.3 Å². The van der Waals surface area contributed by atoms with E-state index in [1.807, 2.05) is 41.2 Å². The third-order valence-corrected chi connectivity index (χ3v) is 4.40. The van der Waals surface area contributed by atoms with Gasteiger partial charge in [0.15, 0.2) is 0 Å². The first-order valence-corrected chi connectivity index (χ1v) is 8.24. The molecular weight excluding hydrogens is 304 g/mol. The lowest BCUT2D eigenvalue weighted by Gasteiger charge is -2.30. The molecule has 0 saturated carbocycles. The Balaban J connectivity index is 1.53. The van der Waals surface area contributed by atoms with Crippen molar-refractivity contribution < 1.29 is 9.59 Å². The number of carbonyl (C=O) groups is 2. The molecule has 0 aliphatic carbocycles. The summed E-state index contributed by atoms with van der Waals surface area (Å²) >= 11 is 0. The zero-order valence-electron chi connectivity index (χ0n) is 13.8. The Kier molecular flexibility index (Phi) is 4.93. The summed E-state index contributed by atoms with van der Waals surface area (Å²) in [4.78, 5) is 25.5. The number of hydrogen-bond acceptors (Lipinski definition) is 3. The summed E-state index contributed by atoms with van der Waals surface area (Å²) in [6.07, 6.45) is 4.94. The van der Waals surface area contributed by atoms with E-state index in [9.17, 15) is 9.59 Å². The molecule has 0 atom stereocenters. The Morgan fingerprint density at radius 3 is 2.58 bits per heavy atom. The fraction of sp³-hybridized carbons (Fsp3) is 0.389. The van der Waals surface area contributed by atoms with Gasteiger partial charge in [-0.1, -0.05) is 30.3 Å². The molecule has 1 N–H and O–H groups in total. The predicted molar refractivity (Wildman–Crippen MR) is 91.4 cm³/mol. The van der Waals surface area contributed by atoms with E-state index in [1.165, 1.54) is 0 Å². The number of rotatable bonds is 4. The zero-order chi connectivity index (χ0) is 16.9. The fourth-order valence-corrected chi connectivity index (χ4v) is 2.99. The summed E-state index contributed by atoms with van der Waals surface area (Å²) in [7, 11) is 0. The summed E-state index contributed by atoms with van der Waals surface area (Å²) in [6.45, 7) is 3.55. The fourth-order valence-electron chi connectivity index (χ4n) is 2.99. The van der Waals surface area contributed by atoms with Gasteiger partial charge in [-0.2, -0.15) is 5.10 Å². The minimum Gasteiger partial charge on any atom is -0.343 e. The van der Waals surface area contributed by atoms with E-state index in [4.69, 9.17) is 0 Å². The Morgan fingerprint density at radius 1 is 1.21 bits per heavy atom. The van der Waals surface area contributed by atoms with Gasteiger partial charge in [-0.15, -0.1) is 0 Å². The van der Waals surface area contributed by atoms with Crippen LogP contribution in [0.2, 0.25) is 0 Å². The van der Waals surface area contributed by atoms with Crippen LogP contribution in [-0.2, 0) is 16.1 Å². The van der Waals surface area contributed by atoms with E-state index in [1.54, 1.807) is 18.0 Å². The second-order valence-electron chi connectivity index (χ2n) is 6.18. The highest BCUT2D eigenvalue weighted by molar-refractivity contribution is 5.92. The van der Waals surface area contributed by atoms with Crippen molar-refractivity contribution in [2.24, 2.45) is 5.92 Å². The van der Waals surface area contributed by atoms with Gasteiger partial charge in [0.25, 0.3) is 0 Å². The van der Waals surface area contributed by atoms with Crippen molar-refractivity contribution in [1.29, 1.82) is 0 Å². The molecule has 1 fully saturated rings. The molecule has 126 valence electrons. The van der Waals surface area contributed by atoms with Crippen molar-refractivity contribution in [2.45, 2.75) is 26.3 Å². The number of benzene rings is 1. The van der Waals surface area contributed by atoms with Gasteiger partial charge in [-0.25, -0.2) is 0 Å². The molecule has 2 amide bonds. The van der Waals surface area contributed by atoms with Gasteiger partial charge < -0.3 is 10.2 Å². The standard InChI is InChI=1S/C18H22N4O2/c1-14(23)21-9-7-16(8-10-21)18(24)20-17-11-19-22(13-17)12-15-5-3-2-4-6-15/h2-6,11,13,16H,7-10,12H2,1H3,(H,20,24). The maximum Gasteiger partial charge on any atom is 0.227 e. The third kappa shape index (κ3) is 4.01. The van der Waals surface area contributed by atoms with E-state index < -0.39 is 0 Å². The first-order valence-electron chi connectivity index (χ1n) is 8.24. The van der Waals surface area contributed by atoms with Crippen molar-refractivity contribution in [2.75, 3.05) is 18.4 Å². The maximum absolute atomic E-state index is 12.4. The van der Waals surface area contributed by atoms with Gasteiger partial charge in [0.1, 0.15) is 0 Å². The Labute approximate surface area is 141 Å². The lowest BCUT2D eigenvalue weighted by atomic mass is 9.96. The van der Waals surface area contributed by atoms with E-state index in [2.05, 4.69) is 10.4 Å². The summed E-state index contributed by atoms with van der Waals surface area (Å²) in [5.41, 5.74) is 1.88. The van der Waals surface area contributed by atoms with Crippen LogP contribution in [0.5, 0.6) is 0 Å². The number of nitrogens with one attached hydrogen (secondary N) is 1. The van der Waals surface area contributed by atoms with Gasteiger partial charge in [0.05, 0.1) is 18.4 Å². The molecule has 0 spiro atoms. The van der Waals surface area contributed by atoms with Crippen LogP contribution in [0.15, 0.2) is 42.7 Å². The summed E-state index contributed by atoms with van der Waals surface area (Å²) in [5, 5.41) is 7.23. The quantitative estimate of drug-likeness (QED) is 0.936. The molecule has 2 heterocycles. The van der Waals surface area contributed by atoms with Crippen LogP contribution in [0.3, 0.4) is 0 Å². The largest absolute Gasteiger partial charge is 0.343 e. The second-order valence-corrected chi connectivity index (χ2v) is 6.18. The molecule has 1 aliphatic heterocycles. The first kappa shape index (κ1) is 16.2. The number of nitrogens with zero attached hydrogens (tertiary/aromatic N) is 3. The molecular formula is C18H22N4O2. The number of amides is 2. The highest BCUT2D eigenvalue weighted by atomic mass is 16.2. The summed E-state index contributed by atoms with van der Waals surface area (Å²) in [5.74, 6) is 0.0478. The van der Waals surface area contributed by atoms with Crippen LogP contribution in [0.25, 0.3) is 0 Å². The predicted octanol–water partition coefficient (Wildman–Crippen LogP) is 2.13. The molecule has 2 aromatic rings. The number of hydrogen-bond donors (Lipinski definition) is 1. The number of carbonyl (C=O) groups excluding carboxylic acids is 2. The molecule has 0 unspecified atom stereocenters. The monoisotopic (exact) mass is 326 g/mol. The molecule has 1 aromatic heterocycles. The van der Waals surface area contributed by atoms with Gasteiger partial charge in [-0.05, 0) is 18.4 Å². The number of anilines is 1. The number of aromatic nitrogens is 2. The van der Waals surface area contributed by atoms with Crippen molar-refractivity contribution in [3.8, 4) is 0 Å². The van der Waals surface area contributed by atoms with Gasteiger partial charge in [0.2, 0.25) is 11.8 Å². The molecule has 6 nitrogen and oxygen atoms in total. The molecule has 0 radical (unpaired) electrons. The zero-order valence-corrected chi connectivity index (χ0v) is 13.8. The Hall–Kier alpha value is -2.63. The third-order valence-electron chi connectivity index (χ3n) is 4.40. The van der Waals surface area contributed by atoms with Crippen LogP contribution in [0.4, 0.5) is 5.69 Å². The maximum atomic E-state index is 12.4. The summed E-state index contributed by atoms with van der Waals surface area (Å²) < 4.78 is 1.81. The van der Waals surface area contributed by atoms with Crippen LogP contribution in [0, 0.1) is 5.92 Å². The SMILES string of the molecule is CC(=O)N1CCC(C(=O)Nc2cnn(Cc3ccccc3)c2)CC1. The van der Waals surface area contributed by atoms with Crippen LogP contribution < -0.4 is 5.32 Å². The second kappa shape index (κ2) is 7.29. The van der Waals surface area contributed by atoms with Crippen molar-refractivity contribution >= 4 is 17.5 Å². The van der Waals surface area contributed by atoms with Crippen LogP contribution in [-0.4, -0.2) is 39.6 Å². The minimum atomic E-state index is -0.0435. The van der Waals surface area contributed by atoms with E-state index in [0.29, 0.717) is 38.2 Å².